The van der Waals surface area contributed by atoms with Crippen molar-refractivity contribution in [2.45, 2.75) is 38.6 Å². The van der Waals surface area contributed by atoms with E-state index in [9.17, 15) is 8.42 Å². The van der Waals surface area contributed by atoms with E-state index in [0.717, 1.165) is 22.3 Å². The molecule has 0 aromatic heterocycles. The first-order valence-corrected chi connectivity index (χ1v) is 10.2. The zero-order valence-corrected chi connectivity index (χ0v) is 16.5. The summed E-state index contributed by atoms with van der Waals surface area (Å²) in [6.45, 7) is 4.29. The number of ether oxygens (including phenoxy) is 2. The smallest absolute Gasteiger partial charge is 0.218 e. The molecule has 2 aromatic carbocycles. The van der Waals surface area contributed by atoms with Crippen molar-refractivity contribution in [3.63, 3.8) is 0 Å². The van der Waals surface area contributed by atoms with Crippen molar-refractivity contribution in [1.82, 2.24) is 4.31 Å². The van der Waals surface area contributed by atoms with E-state index in [0.29, 0.717) is 24.5 Å². The van der Waals surface area contributed by atoms with Gasteiger partial charge in [0.25, 0.3) is 0 Å². The van der Waals surface area contributed by atoms with Crippen molar-refractivity contribution >= 4 is 10.0 Å². The lowest BCUT2D eigenvalue weighted by Gasteiger charge is -2.34. The predicted molar refractivity (Wildman–Crippen MR) is 102 cm³/mol. The molecular formula is C20H25NO4S. The lowest BCUT2D eigenvalue weighted by atomic mass is 9.96. The fourth-order valence-corrected chi connectivity index (χ4v) is 5.13. The summed E-state index contributed by atoms with van der Waals surface area (Å²) in [7, 11) is -0.224. The number of hydrogen-bond acceptors (Lipinski definition) is 4. The highest BCUT2D eigenvalue weighted by atomic mass is 32.2. The molecule has 6 heteroatoms. The molecule has 1 atom stereocenters. The third-order valence-electron chi connectivity index (χ3n) is 4.87. The average molecular weight is 375 g/mol. The van der Waals surface area contributed by atoms with Gasteiger partial charge in [0.05, 0.1) is 20.0 Å². The van der Waals surface area contributed by atoms with E-state index < -0.39 is 10.0 Å². The SMILES string of the molecule is COc1cc2c(cc1OC)CN(S(=O)(=O)Cc1ccc(C)cc1)C(C)C2. The van der Waals surface area contributed by atoms with Crippen molar-refractivity contribution in [3.05, 3.63) is 58.7 Å². The molecule has 0 fully saturated rings. The Bertz CT molecular complexity index is 891. The topological polar surface area (TPSA) is 55.8 Å². The molecule has 1 unspecified atom stereocenters. The molecule has 0 spiro atoms. The number of nitrogens with zero attached hydrogens (tertiary/aromatic N) is 1. The Hall–Kier alpha value is -2.05. The van der Waals surface area contributed by atoms with Crippen molar-refractivity contribution in [1.29, 1.82) is 0 Å². The van der Waals surface area contributed by atoms with Gasteiger partial charge in [-0.05, 0) is 49.1 Å². The quantitative estimate of drug-likeness (QED) is 0.805. The van der Waals surface area contributed by atoms with Gasteiger partial charge in [0.1, 0.15) is 0 Å². The minimum Gasteiger partial charge on any atom is -0.493 e. The molecule has 0 N–H and O–H groups in total. The van der Waals surface area contributed by atoms with Crippen LogP contribution < -0.4 is 9.47 Å². The van der Waals surface area contributed by atoms with Crippen molar-refractivity contribution in [2.75, 3.05) is 14.2 Å². The molecule has 26 heavy (non-hydrogen) atoms. The van der Waals surface area contributed by atoms with Crippen LogP contribution in [-0.2, 0) is 28.7 Å². The molecule has 1 aliphatic heterocycles. The van der Waals surface area contributed by atoms with Gasteiger partial charge >= 0.3 is 0 Å². The van der Waals surface area contributed by atoms with E-state index in [4.69, 9.17) is 9.47 Å². The number of fused-ring (bicyclic) bond motifs is 1. The Morgan fingerprint density at radius 1 is 1.04 bits per heavy atom. The molecule has 0 saturated carbocycles. The molecule has 1 aliphatic rings. The van der Waals surface area contributed by atoms with Gasteiger partial charge in [-0.2, -0.15) is 4.31 Å². The Morgan fingerprint density at radius 3 is 2.19 bits per heavy atom. The summed E-state index contributed by atoms with van der Waals surface area (Å²) in [5, 5.41) is 0. The van der Waals surface area contributed by atoms with Gasteiger partial charge in [-0.1, -0.05) is 29.8 Å². The highest BCUT2D eigenvalue weighted by Crippen LogP contribution is 2.35. The molecule has 140 valence electrons. The number of aryl methyl sites for hydroxylation is 1. The first-order chi connectivity index (χ1) is 12.3. The average Bonchev–Trinajstić information content (AvgIpc) is 2.61. The summed E-state index contributed by atoms with van der Waals surface area (Å²) < 4.78 is 38.3. The Kier molecular flexibility index (Phi) is 5.25. The highest BCUT2D eigenvalue weighted by molar-refractivity contribution is 7.88. The first kappa shape index (κ1) is 18.7. The second kappa shape index (κ2) is 7.29. The van der Waals surface area contributed by atoms with Crippen molar-refractivity contribution in [3.8, 4) is 11.5 Å². The lowest BCUT2D eigenvalue weighted by Crippen LogP contribution is -2.43. The van der Waals surface area contributed by atoms with Crippen LogP contribution in [0.15, 0.2) is 36.4 Å². The van der Waals surface area contributed by atoms with Crippen LogP contribution in [0, 0.1) is 6.92 Å². The zero-order valence-electron chi connectivity index (χ0n) is 15.7. The van der Waals surface area contributed by atoms with Gasteiger partial charge in [-0.15, -0.1) is 0 Å². The van der Waals surface area contributed by atoms with Crippen LogP contribution in [0.25, 0.3) is 0 Å². The Labute approximate surface area is 155 Å². The monoisotopic (exact) mass is 375 g/mol. The third kappa shape index (κ3) is 3.71. The maximum atomic E-state index is 13.0. The molecule has 0 bridgehead atoms. The van der Waals surface area contributed by atoms with Crippen LogP contribution >= 0.6 is 0 Å². The molecule has 2 aromatic rings. The largest absolute Gasteiger partial charge is 0.493 e. The predicted octanol–water partition coefficient (Wildman–Crippen LogP) is 3.29. The van der Waals surface area contributed by atoms with Gasteiger partial charge < -0.3 is 9.47 Å². The van der Waals surface area contributed by atoms with Gasteiger partial charge in [0.2, 0.25) is 10.0 Å². The van der Waals surface area contributed by atoms with Gasteiger partial charge in [-0.3, -0.25) is 0 Å². The molecule has 0 amide bonds. The van der Waals surface area contributed by atoms with Gasteiger partial charge in [0.15, 0.2) is 11.5 Å². The standard InChI is InChI=1S/C20H25NO4S/c1-14-5-7-16(8-6-14)13-26(22,23)21-12-18-11-20(25-4)19(24-3)10-17(18)9-15(21)2/h5-8,10-11,15H,9,12-13H2,1-4H3. The zero-order chi connectivity index (χ0) is 18.9. The third-order valence-corrected chi connectivity index (χ3v) is 6.77. The lowest BCUT2D eigenvalue weighted by molar-refractivity contribution is 0.304. The second-order valence-electron chi connectivity index (χ2n) is 6.82. The normalized spacial score (nSPS) is 17.6. The van der Waals surface area contributed by atoms with Crippen LogP contribution in [0.2, 0.25) is 0 Å². The number of rotatable bonds is 5. The van der Waals surface area contributed by atoms with Gasteiger partial charge in [-0.25, -0.2) is 8.42 Å². The summed E-state index contributed by atoms with van der Waals surface area (Å²) in [5.41, 5.74) is 4.00. The first-order valence-electron chi connectivity index (χ1n) is 8.63. The fourth-order valence-electron chi connectivity index (χ4n) is 3.39. The van der Waals surface area contributed by atoms with Crippen molar-refractivity contribution < 1.29 is 17.9 Å². The summed E-state index contributed by atoms with van der Waals surface area (Å²) in [6.07, 6.45) is 0.656. The summed E-state index contributed by atoms with van der Waals surface area (Å²) in [5.74, 6) is 1.31. The molecule has 5 nitrogen and oxygen atoms in total. The second-order valence-corrected chi connectivity index (χ2v) is 8.74. The minimum atomic E-state index is -3.42. The van der Waals surface area contributed by atoms with Crippen LogP contribution in [-0.4, -0.2) is 33.0 Å². The number of methoxy groups -OCH3 is 2. The molecule has 3 rings (SSSR count). The van der Waals surface area contributed by atoms with E-state index in [2.05, 4.69) is 0 Å². The minimum absolute atomic E-state index is 0.0141. The number of sulfonamides is 1. The van der Waals surface area contributed by atoms with E-state index in [-0.39, 0.29) is 11.8 Å². The maximum absolute atomic E-state index is 13.0. The Morgan fingerprint density at radius 2 is 1.62 bits per heavy atom. The fraction of sp³-hybridized carbons (Fsp3) is 0.400. The summed E-state index contributed by atoms with van der Waals surface area (Å²) >= 11 is 0. The van der Waals surface area contributed by atoms with E-state index >= 15 is 0 Å². The van der Waals surface area contributed by atoms with Crippen LogP contribution in [0.1, 0.15) is 29.2 Å². The molecule has 1 heterocycles. The highest BCUT2D eigenvalue weighted by Gasteiger charge is 2.33. The van der Waals surface area contributed by atoms with Crippen LogP contribution in [0.4, 0.5) is 0 Å². The van der Waals surface area contributed by atoms with Crippen LogP contribution in [0.5, 0.6) is 11.5 Å². The van der Waals surface area contributed by atoms with Crippen LogP contribution in [0.3, 0.4) is 0 Å². The summed E-state index contributed by atoms with van der Waals surface area (Å²) in [4.78, 5) is 0. The Balaban J connectivity index is 1.88. The van der Waals surface area contributed by atoms with E-state index in [1.54, 1.807) is 18.5 Å². The molecule has 0 radical (unpaired) electrons. The molecular weight excluding hydrogens is 350 g/mol. The maximum Gasteiger partial charge on any atom is 0.218 e. The van der Waals surface area contributed by atoms with E-state index in [1.165, 1.54) is 0 Å². The molecule has 0 saturated heterocycles. The summed E-state index contributed by atoms with van der Waals surface area (Å²) in [6, 6.07) is 11.4. The number of hydrogen-bond donors (Lipinski definition) is 0. The number of benzene rings is 2. The molecule has 0 aliphatic carbocycles. The van der Waals surface area contributed by atoms with E-state index in [1.807, 2.05) is 50.2 Å². The van der Waals surface area contributed by atoms with Gasteiger partial charge in [0, 0.05) is 12.6 Å². The van der Waals surface area contributed by atoms with Crippen molar-refractivity contribution in [2.24, 2.45) is 0 Å².